The number of likely N-dealkylation sites (N-methyl/N-ethyl adjacent to an activating group) is 1. The van der Waals surface area contributed by atoms with Crippen molar-refractivity contribution >= 4 is 5.91 Å². The van der Waals surface area contributed by atoms with Crippen molar-refractivity contribution in [2.75, 3.05) is 20.1 Å². The molecule has 0 fully saturated rings. The zero-order valence-corrected chi connectivity index (χ0v) is 10.0. The highest BCUT2D eigenvalue weighted by atomic mass is 16.1. The molecule has 0 aromatic heterocycles. The fraction of sp³-hybridized carbons (Fsp3) is 0.462. The Kier molecular flexibility index (Phi) is 5.57. The molecule has 0 unspecified atom stereocenters. The predicted molar refractivity (Wildman–Crippen MR) is 66.4 cm³/mol. The average Bonchev–Trinajstić information content (AvgIpc) is 2.29. The quantitative estimate of drug-likeness (QED) is 0.709. The molecule has 0 saturated heterocycles. The molecule has 1 aromatic carbocycles. The summed E-state index contributed by atoms with van der Waals surface area (Å²) < 4.78 is 0. The number of aryl methyl sites for hydroxylation is 2. The van der Waals surface area contributed by atoms with E-state index in [-0.39, 0.29) is 5.91 Å². The van der Waals surface area contributed by atoms with Crippen LogP contribution < -0.4 is 10.6 Å². The van der Waals surface area contributed by atoms with E-state index in [4.69, 9.17) is 0 Å². The summed E-state index contributed by atoms with van der Waals surface area (Å²) in [5.74, 6) is 0.121. The van der Waals surface area contributed by atoms with Crippen LogP contribution in [0, 0.1) is 6.92 Å². The predicted octanol–water partition coefficient (Wildman–Crippen LogP) is 1.26. The monoisotopic (exact) mass is 220 g/mol. The molecule has 0 spiro atoms. The van der Waals surface area contributed by atoms with Gasteiger partial charge in [0.1, 0.15) is 0 Å². The second-order valence-corrected chi connectivity index (χ2v) is 3.94. The SMILES string of the molecule is CNCCNC(=O)CCc1ccc(C)cc1. The molecule has 3 heteroatoms. The summed E-state index contributed by atoms with van der Waals surface area (Å²) in [7, 11) is 1.87. The van der Waals surface area contributed by atoms with Gasteiger partial charge in [0, 0.05) is 19.5 Å². The Morgan fingerprint density at radius 3 is 2.50 bits per heavy atom. The maximum atomic E-state index is 11.4. The Labute approximate surface area is 97.2 Å². The highest BCUT2D eigenvalue weighted by molar-refractivity contribution is 5.76. The molecule has 0 aliphatic carbocycles. The molecule has 88 valence electrons. The van der Waals surface area contributed by atoms with E-state index in [1.165, 1.54) is 11.1 Å². The lowest BCUT2D eigenvalue weighted by Gasteiger charge is -2.05. The topological polar surface area (TPSA) is 41.1 Å². The fourth-order valence-electron chi connectivity index (χ4n) is 1.43. The van der Waals surface area contributed by atoms with E-state index in [0.29, 0.717) is 13.0 Å². The van der Waals surface area contributed by atoms with Crippen LogP contribution in [-0.4, -0.2) is 26.0 Å². The number of carbonyl (C=O) groups is 1. The highest BCUT2D eigenvalue weighted by Crippen LogP contribution is 2.05. The maximum Gasteiger partial charge on any atom is 0.220 e. The van der Waals surface area contributed by atoms with E-state index in [2.05, 4.69) is 41.8 Å². The number of benzene rings is 1. The second kappa shape index (κ2) is 7.01. The minimum atomic E-state index is 0.121. The number of nitrogens with one attached hydrogen (secondary N) is 2. The third-order valence-electron chi connectivity index (χ3n) is 2.46. The smallest absolute Gasteiger partial charge is 0.220 e. The van der Waals surface area contributed by atoms with Gasteiger partial charge in [-0.3, -0.25) is 4.79 Å². The highest BCUT2D eigenvalue weighted by Gasteiger charge is 2.00. The molecule has 0 bridgehead atoms. The van der Waals surface area contributed by atoms with Crippen molar-refractivity contribution < 1.29 is 4.79 Å². The van der Waals surface area contributed by atoms with Crippen LogP contribution in [0.15, 0.2) is 24.3 Å². The third kappa shape index (κ3) is 4.94. The van der Waals surface area contributed by atoms with Gasteiger partial charge in [-0.15, -0.1) is 0 Å². The molecule has 0 aliphatic heterocycles. The van der Waals surface area contributed by atoms with Gasteiger partial charge in [0.15, 0.2) is 0 Å². The largest absolute Gasteiger partial charge is 0.355 e. The summed E-state index contributed by atoms with van der Waals surface area (Å²) in [6.07, 6.45) is 1.37. The first-order valence-corrected chi connectivity index (χ1v) is 5.69. The first-order valence-electron chi connectivity index (χ1n) is 5.69. The molecule has 2 N–H and O–H groups in total. The van der Waals surface area contributed by atoms with Gasteiger partial charge in [-0.25, -0.2) is 0 Å². The van der Waals surface area contributed by atoms with Crippen LogP contribution in [-0.2, 0) is 11.2 Å². The van der Waals surface area contributed by atoms with Gasteiger partial charge in [0.25, 0.3) is 0 Å². The number of hydrogen-bond donors (Lipinski definition) is 2. The van der Waals surface area contributed by atoms with Crippen molar-refractivity contribution in [2.24, 2.45) is 0 Å². The van der Waals surface area contributed by atoms with Gasteiger partial charge in [-0.1, -0.05) is 29.8 Å². The van der Waals surface area contributed by atoms with Gasteiger partial charge in [-0.05, 0) is 26.0 Å². The van der Waals surface area contributed by atoms with Crippen LogP contribution in [0.1, 0.15) is 17.5 Å². The molecule has 0 heterocycles. The van der Waals surface area contributed by atoms with E-state index in [9.17, 15) is 4.79 Å². The normalized spacial score (nSPS) is 10.1. The van der Waals surface area contributed by atoms with Crippen LogP contribution in [0.25, 0.3) is 0 Å². The number of hydrogen-bond acceptors (Lipinski definition) is 2. The summed E-state index contributed by atoms with van der Waals surface area (Å²) in [5.41, 5.74) is 2.47. The summed E-state index contributed by atoms with van der Waals surface area (Å²) >= 11 is 0. The lowest BCUT2D eigenvalue weighted by molar-refractivity contribution is -0.121. The van der Waals surface area contributed by atoms with Crippen LogP contribution >= 0.6 is 0 Å². The number of carbonyl (C=O) groups excluding carboxylic acids is 1. The Morgan fingerprint density at radius 2 is 1.88 bits per heavy atom. The minimum absolute atomic E-state index is 0.121. The number of rotatable bonds is 6. The van der Waals surface area contributed by atoms with E-state index < -0.39 is 0 Å². The lowest BCUT2D eigenvalue weighted by atomic mass is 10.1. The molecule has 0 aliphatic rings. The molecule has 0 radical (unpaired) electrons. The van der Waals surface area contributed by atoms with Crippen molar-refractivity contribution in [3.63, 3.8) is 0 Å². The molecular formula is C13H20N2O. The molecular weight excluding hydrogens is 200 g/mol. The van der Waals surface area contributed by atoms with Crippen LogP contribution in [0.3, 0.4) is 0 Å². The molecule has 1 aromatic rings. The lowest BCUT2D eigenvalue weighted by Crippen LogP contribution is -2.30. The van der Waals surface area contributed by atoms with Gasteiger partial charge < -0.3 is 10.6 Å². The standard InChI is InChI=1S/C13H20N2O/c1-11-3-5-12(6-4-11)7-8-13(16)15-10-9-14-2/h3-6,14H,7-10H2,1-2H3,(H,15,16). The van der Waals surface area contributed by atoms with Gasteiger partial charge in [0.2, 0.25) is 5.91 Å². The minimum Gasteiger partial charge on any atom is -0.355 e. The Morgan fingerprint density at radius 1 is 1.19 bits per heavy atom. The first-order chi connectivity index (χ1) is 7.72. The van der Waals surface area contributed by atoms with Crippen molar-refractivity contribution in [3.05, 3.63) is 35.4 Å². The van der Waals surface area contributed by atoms with E-state index >= 15 is 0 Å². The number of amides is 1. The maximum absolute atomic E-state index is 11.4. The summed E-state index contributed by atoms with van der Waals surface area (Å²) in [6.45, 7) is 3.58. The molecule has 1 amide bonds. The molecule has 16 heavy (non-hydrogen) atoms. The van der Waals surface area contributed by atoms with E-state index in [1.807, 2.05) is 7.05 Å². The van der Waals surface area contributed by atoms with Crippen LogP contribution in [0.2, 0.25) is 0 Å². The summed E-state index contributed by atoms with van der Waals surface area (Å²) in [6, 6.07) is 8.31. The van der Waals surface area contributed by atoms with Crippen molar-refractivity contribution in [2.45, 2.75) is 19.8 Å². The van der Waals surface area contributed by atoms with Gasteiger partial charge >= 0.3 is 0 Å². The summed E-state index contributed by atoms with van der Waals surface area (Å²) in [4.78, 5) is 11.4. The summed E-state index contributed by atoms with van der Waals surface area (Å²) in [5, 5.41) is 5.85. The molecule has 0 saturated carbocycles. The van der Waals surface area contributed by atoms with Crippen LogP contribution in [0.4, 0.5) is 0 Å². The zero-order valence-electron chi connectivity index (χ0n) is 10.0. The van der Waals surface area contributed by atoms with Gasteiger partial charge in [0.05, 0.1) is 0 Å². The molecule has 0 atom stereocenters. The van der Waals surface area contributed by atoms with E-state index in [0.717, 1.165) is 13.0 Å². The first kappa shape index (κ1) is 12.7. The third-order valence-corrected chi connectivity index (χ3v) is 2.46. The Hall–Kier alpha value is -1.35. The van der Waals surface area contributed by atoms with Crippen LogP contribution in [0.5, 0.6) is 0 Å². The average molecular weight is 220 g/mol. The van der Waals surface area contributed by atoms with Crippen molar-refractivity contribution in [1.82, 2.24) is 10.6 Å². The fourth-order valence-corrected chi connectivity index (χ4v) is 1.43. The Balaban J connectivity index is 2.23. The van der Waals surface area contributed by atoms with Crippen molar-refractivity contribution in [3.8, 4) is 0 Å². The van der Waals surface area contributed by atoms with Crippen molar-refractivity contribution in [1.29, 1.82) is 0 Å². The zero-order chi connectivity index (χ0) is 11.8. The molecule has 3 nitrogen and oxygen atoms in total. The van der Waals surface area contributed by atoms with Gasteiger partial charge in [-0.2, -0.15) is 0 Å². The second-order valence-electron chi connectivity index (χ2n) is 3.94. The van der Waals surface area contributed by atoms with E-state index in [1.54, 1.807) is 0 Å². The Bertz CT molecular complexity index is 319. The molecule has 1 rings (SSSR count).